The molecule has 0 saturated heterocycles. The number of carboxylic acid groups (broad SMARTS) is 1. The highest BCUT2D eigenvalue weighted by atomic mass is 16.4. The molecule has 0 unspecified atom stereocenters. The van der Waals surface area contributed by atoms with Crippen LogP contribution in [0.2, 0.25) is 0 Å². The van der Waals surface area contributed by atoms with Crippen LogP contribution in [-0.2, 0) is 4.79 Å². The molecule has 0 fully saturated rings. The first-order chi connectivity index (χ1) is 6.91. The van der Waals surface area contributed by atoms with E-state index in [1.54, 1.807) is 0 Å². The third-order valence-corrected chi connectivity index (χ3v) is 2.44. The highest BCUT2D eigenvalue weighted by molar-refractivity contribution is 5.66. The Kier molecular flexibility index (Phi) is 5.95. The normalized spacial score (nSPS) is 11.4. The number of carboxylic acids is 1. The smallest absolute Gasteiger partial charge is 0.304 e. The highest BCUT2D eigenvalue weighted by Crippen LogP contribution is 2.18. The summed E-state index contributed by atoms with van der Waals surface area (Å²) in [5.41, 5.74) is -0.323. The molecular formula is C11H20N2O2. The zero-order valence-electron chi connectivity index (χ0n) is 9.79. The molecule has 0 aliphatic heterocycles. The predicted octanol–water partition coefficient (Wildman–Crippen LogP) is 1.72. The van der Waals surface area contributed by atoms with Gasteiger partial charge in [0, 0.05) is 6.54 Å². The molecule has 0 aromatic carbocycles. The summed E-state index contributed by atoms with van der Waals surface area (Å²) < 4.78 is 0. The number of aliphatic carboxylic acids is 1. The van der Waals surface area contributed by atoms with E-state index in [-0.39, 0.29) is 11.8 Å². The van der Waals surface area contributed by atoms with Crippen LogP contribution >= 0.6 is 0 Å². The van der Waals surface area contributed by atoms with Gasteiger partial charge in [0.15, 0.2) is 0 Å². The van der Waals surface area contributed by atoms with Gasteiger partial charge in [-0.3, -0.25) is 4.79 Å². The van der Waals surface area contributed by atoms with E-state index in [9.17, 15) is 4.79 Å². The van der Waals surface area contributed by atoms with Crippen LogP contribution in [0.15, 0.2) is 0 Å². The van der Waals surface area contributed by atoms with Crippen molar-refractivity contribution >= 4 is 5.97 Å². The summed E-state index contributed by atoms with van der Waals surface area (Å²) in [4.78, 5) is 12.5. The van der Waals surface area contributed by atoms with E-state index in [4.69, 9.17) is 10.4 Å². The second-order valence-electron chi connectivity index (χ2n) is 4.32. The lowest BCUT2D eigenvalue weighted by Crippen LogP contribution is -2.29. The van der Waals surface area contributed by atoms with Gasteiger partial charge in [0.1, 0.15) is 0 Å². The molecule has 4 heteroatoms. The lowest BCUT2D eigenvalue weighted by Gasteiger charge is -2.23. The number of carbonyl (C=O) groups is 1. The highest BCUT2D eigenvalue weighted by Gasteiger charge is 2.17. The Morgan fingerprint density at radius 1 is 1.47 bits per heavy atom. The van der Waals surface area contributed by atoms with E-state index in [0.717, 1.165) is 19.5 Å². The van der Waals surface area contributed by atoms with Crippen LogP contribution in [0.3, 0.4) is 0 Å². The Balaban J connectivity index is 3.91. The van der Waals surface area contributed by atoms with E-state index in [1.165, 1.54) is 0 Å². The van der Waals surface area contributed by atoms with Gasteiger partial charge in [-0.25, -0.2) is 0 Å². The largest absolute Gasteiger partial charge is 0.481 e. The topological polar surface area (TPSA) is 64.3 Å². The van der Waals surface area contributed by atoms with Crippen molar-refractivity contribution in [1.29, 1.82) is 5.26 Å². The Hall–Kier alpha value is -1.08. The Morgan fingerprint density at radius 3 is 2.47 bits per heavy atom. The zero-order chi connectivity index (χ0) is 11.9. The zero-order valence-corrected chi connectivity index (χ0v) is 9.79. The molecule has 0 aromatic rings. The van der Waals surface area contributed by atoms with Crippen molar-refractivity contribution in [3.8, 4) is 6.07 Å². The maximum atomic E-state index is 10.4. The number of hydrogen-bond donors (Lipinski definition) is 1. The molecule has 0 rings (SSSR count). The summed E-state index contributed by atoms with van der Waals surface area (Å²) in [5, 5.41) is 17.4. The Bertz CT molecular complexity index is 243. The minimum atomic E-state index is -0.770. The van der Waals surface area contributed by atoms with Crippen LogP contribution in [0, 0.1) is 16.7 Å². The van der Waals surface area contributed by atoms with E-state index in [0.29, 0.717) is 6.54 Å². The summed E-state index contributed by atoms with van der Waals surface area (Å²) in [6.07, 6.45) is 0.942. The van der Waals surface area contributed by atoms with Crippen LogP contribution in [0.4, 0.5) is 0 Å². The Morgan fingerprint density at radius 2 is 2.07 bits per heavy atom. The Labute approximate surface area is 91.5 Å². The van der Waals surface area contributed by atoms with Gasteiger partial charge in [0.2, 0.25) is 0 Å². The molecule has 0 aromatic heterocycles. The van der Waals surface area contributed by atoms with Crippen molar-refractivity contribution < 1.29 is 9.90 Å². The lowest BCUT2D eigenvalue weighted by molar-refractivity contribution is -0.137. The molecule has 0 aliphatic carbocycles. The third kappa shape index (κ3) is 6.92. The number of nitrogens with zero attached hydrogens (tertiary/aromatic N) is 2. The molecule has 0 radical (unpaired) electrons. The maximum absolute atomic E-state index is 10.4. The average Bonchev–Trinajstić information content (AvgIpc) is 2.18. The van der Waals surface area contributed by atoms with E-state index in [1.807, 2.05) is 20.8 Å². The van der Waals surface area contributed by atoms with Crippen molar-refractivity contribution in [2.45, 2.75) is 33.6 Å². The fourth-order valence-corrected chi connectivity index (χ4v) is 1.18. The van der Waals surface area contributed by atoms with Crippen molar-refractivity contribution in [3.63, 3.8) is 0 Å². The molecule has 0 amide bonds. The summed E-state index contributed by atoms with van der Waals surface area (Å²) in [5.74, 6) is -0.770. The first-order valence-electron chi connectivity index (χ1n) is 5.26. The second-order valence-corrected chi connectivity index (χ2v) is 4.32. The molecule has 86 valence electrons. The summed E-state index contributed by atoms with van der Waals surface area (Å²) >= 11 is 0. The predicted molar refractivity (Wildman–Crippen MR) is 58.4 cm³/mol. The molecule has 0 atom stereocenters. The van der Waals surface area contributed by atoms with Crippen LogP contribution < -0.4 is 0 Å². The van der Waals surface area contributed by atoms with Crippen LogP contribution in [0.1, 0.15) is 33.6 Å². The fourth-order valence-electron chi connectivity index (χ4n) is 1.18. The van der Waals surface area contributed by atoms with Gasteiger partial charge in [-0.05, 0) is 33.4 Å². The average molecular weight is 212 g/mol. The van der Waals surface area contributed by atoms with Crippen LogP contribution in [-0.4, -0.2) is 35.6 Å². The van der Waals surface area contributed by atoms with E-state index < -0.39 is 5.97 Å². The van der Waals surface area contributed by atoms with Crippen LogP contribution in [0.25, 0.3) is 0 Å². The molecule has 0 aliphatic rings. The molecular weight excluding hydrogens is 192 g/mol. The minimum absolute atomic E-state index is 0.167. The van der Waals surface area contributed by atoms with Gasteiger partial charge in [0.05, 0.1) is 17.9 Å². The van der Waals surface area contributed by atoms with Gasteiger partial charge >= 0.3 is 5.97 Å². The van der Waals surface area contributed by atoms with E-state index in [2.05, 4.69) is 11.0 Å². The van der Waals surface area contributed by atoms with Crippen molar-refractivity contribution in [1.82, 2.24) is 4.90 Å². The fraction of sp³-hybridized carbons (Fsp3) is 0.818. The molecule has 1 N–H and O–H groups in total. The quantitative estimate of drug-likeness (QED) is 0.698. The molecule has 0 bridgehead atoms. The summed E-state index contributed by atoms with van der Waals surface area (Å²) in [7, 11) is 0. The first-order valence-corrected chi connectivity index (χ1v) is 5.26. The molecule has 0 heterocycles. The number of nitriles is 1. The van der Waals surface area contributed by atoms with Gasteiger partial charge < -0.3 is 10.0 Å². The molecule has 15 heavy (non-hydrogen) atoms. The molecule has 0 spiro atoms. The van der Waals surface area contributed by atoms with Gasteiger partial charge in [-0.15, -0.1) is 0 Å². The maximum Gasteiger partial charge on any atom is 0.304 e. The van der Waals surface area contributed by atoms with Crippen molar-refractivity contribution in [2.24, 2.45) is 5.41 Å². The monoisotopic (exact) mass is 212 g/mol. The standard InChI is InChI=1S/C11H20N2O2/c1-4-13(7-5-10(14)15)8-6-11(2,3)9-12/h4-8H2,1-3H3,(H,14,15). The van der Waals surface area contributed by atoms with Crippen molar-refractivity contribution in [2.75, 3.05) is 19.6 Å². The lowest BCUT2D eigenvalue weighted by atomic mass is 9.91. The van der Waals surface area contributed by atoms with Gasteiger partial charge in [-0.2, -0.15) is 5.26 Å². The molecule has 0 saturated carbocycles. The van der Waals surface area contributed by atoms with Gasteiger partial charge in [-0.1, -0.05) is 6.92 Å². The summed E-state index contributed by atoms with van der Waals surface area (Å²) in [6.45, 7) is 7.98. The number of hydrogen-bond acceptors (Lipinski definition) is 3. The first kappa shape index (κ1) is 13.9. The van der Waals surface area contributed by atoms with Crippen molar-refractivity contribution in [3.05, 3.63) is 0 Å². The number of rotatable bonds is 7. The van der Waals surface area contributed by atoms with Gasteiger partial charge in [0.25, 0.3) is 0 Å². The van der Waals surface area contributed by atoms with Crippen LogP contribution in [0.5, 0.6) is 0 Å². The summed E-state index contributed by atoms with van der Waals surface area (Å²) in [6, 6.07) is 2.24. The minimum Gasteiger partial charge on any atom is -0.481 e. The van der Waals surface area contributed by atoms with E-state index >= 15 is 0 Å². The third-order valence-electron chi connectivity index (χ3n) is 2.44. The molecule has 4 nitrogen and oxygen atoms in total. The SMILES string of the molecule is CCN(CCC(=O)O)CCC(C)(C)C#N. The second kappa shape index (κ2) is 6.41.